The summed E-state index contributed by atoms with van der Waals surface area (Å²) in [6.07, 6.45) is 0.384. The smallest absolute Gasteiger partial charge is 0.0909 e. The topological polar surface area (TPSA) is 20.2 Å². The second-order valence-electron chi connectivity index (χ2n) is 4.52. The fourth-order valence-corrected chi connectivity index (χ4v) is 2.48. The summed E-state index contributed by atoms with van der Waals surface area (Å²) in [7, 11) is 0. The third-order valence-electron chi connectivity index (χ3n) is 2.98. The van der Waals surface area contributed by atoms with Crippen LogP contribution in [-0.4, -0.2) is 5.11 Å². The molecular formula is C15H14Cl2O. The highest BCUT2D eigenvalue weighted by Gasteiger charge is 2.25. The quantitative estimate of drug-likeness (QED) is 0.881. The third-order valence-corrected chi connectivity index (χ3v) is 3.69. The van der Waals surface area contributed by atoms with E-state index in [0.717, 1.165) is 11.1 Å². The van der Waals surface area contributed by atoms with Crippen molar-refractivity contribution in [3.8, 4) is 0 Å². The van der Waals surface area contributed by atoms with Crippen molar-refractivity contribution < 1.29 is 5.11 Å². The molecule has 0 aliphatic rings. The molecule has 0 fully saturated rings. The van der Waals surface area contributed by atoms with Gasteiger partial charge in [-0.1, -0.05) is 59.6 Å². The van der Waals surface area contributed by atoms with E-state index in [9.17, 15) is 5.11 Å². The first-order valence-electron chi connectivity index (χ1n) is 5.71. The Hall–Kier alpha value is -1.02. The van der Waals surface area contributed by atoms with Gasteiger partial charge in [-0.2, -0.15) is 0 Å². The van der Waals surface area contributed by atoms with E-state index in [0.29, 0.717) is 16.5 Å². The van der Waals surface area contributed by atoms with E-state index in [4.69, 9.17) is 23.2 Å². The van der Waals surface area contributed by atoms with Crippen molar-refractivity contribution in [3.05, 3.63) is 69.7 Å². The average molecular weight is 281 g/mol. The van der Waals surface area contributed by atoms with E-state index >= 15 is 0 Å². The molecule has 0 heterocycles. The summed E-state index contributed by atoms with van der Waals surface area (Å²) in [6.45, 7) is 1.77. The van der Waals surface area contributed by atoms with E-state index in [2.05, 4.69) is 0 Å². The van der Waals surface area contributed by atoms with Crippen molar-refractivity contribution in [2.24, 2.45) is 0 Å². The molecule has 1 nitrogen and oxygen atoms in total. The van der Waals surface area contributed by atoms with Crippen LogP contribution in [-0.2, 0) is 12.0 Å². The first kappa shape index (κ1) is 13.4. The van der Waals surface area contributed by atoms with Crippen LogP contribution in [0.4, 0.5) is 0 Å². The molecule has 0 aliphatic carbocycles. The molecule has 1 N–H and O–H groups in total. The van der Waals surface area contributed by atoms with Crippen LogP contribution in [0.5, 0.6) is 0 Å². The van der Waals surface area contributed by atoms with Gasteiger partial charge < -0.3 is 5.11 Å². The Labute approximate surface area is 117 Å². The van der Waals surface area contributed by atoms with Gasteiger partial charge in [-0.15, -0.1) is 0 Å². The van der Waals surface area contributed by atoms with Crippen LogP contribution >= 0.6 is 23.2 Å². The van der Waals surface area contributed by atoms with Gasteiger partial charge in [-0.3, -0.25) is 0 Å². The van der Waals surface area contributed by atoms with Crippen molar-refractivity contribution in [1.29, 1.82) is 0 Å². The maximum absolute atomic E-state index is 10.6. The second-order valence-corrected chi connectivity index (χ2v) is 5.33. The van der Waals surface area contributed by atoms with Gasteiger partial charge >= 0.3 is 0 Å². The summed E-state index contributed by atoms with van der Waals surface area (Å²) in [6, 6.07) is 14.9. The fraction of sp³-hybridized carbons (Fsp3) is 0.200. The lowest BCUT2D eigenvalue weighted by atomic mass is 9.89. The zero-order valence-electron chi connectivity index (χ0n) is 10.0. The molecule has 0 radical (unpaired) electrons. The summed E-state index contributed by atoms with van der Waals surface area (Å²) in [5.41, 5.74) is 0.631. The Morgan fingerprint density at radius 1 is 0.944 bits per heavy atom. The second kappa shape index (κ2) is 5.31. The first-order valence-corrected chi connectivity index (χ1v) is 6.47. The minimum atomic E-state index is -0.990. The minimum Gasteiger partial charge on any atom is -0.385 e. The van der Waals surface area contributed by atoms with Gasteiger partial charge in [0, 0.05) is 16.5 Å². The van der Waals surface area contributed by atoms with Crippen molar-refractivity contribution >= 4 is 23.2 Å². The molecule has 94 valence electrons. The molecule has 0 bridgehead atoms. The van der Waals surface area contributed by atoms with Crippen LogP contribution in [0.1, 0.15) is 18.1 Å². The van der Waals surface area contributed by atoms with Crippen LogP contribution in [0.25, 0.3) is 0 Å². The summed E-state index contributed by atoms with van der Waals surface area (Å²) < 4.78 is 0. The molecule has 1 atom stereocenters. The molecule has 2 rings (SSSR count). The predicted molar refractivity (Wildman–Crippen MR) is 76.2 cm³/mol. The molecule has 18 heavy (non-hydrogen) atoms. The number of aliphatic hydroxyl groups is 1. The third kappa shape index (κ3) is 2.86. The molecule has 1 unspecified atom stereocenters. The largest absolute Gasteiger partial charge is 0.385 e. The predicted octanol–water partition coefficient (Wildman–Crippen LogP) is 4.44. The van der Waals surface area contributed by atoms with E-state index in [1.54, 1.807) is 25.1 Å². The van der Waals surface area contributed by atoms with Crippen LogP contribution in [0.3, 0.4) is 0 Å². The number of halogens is 2. The molecule has 2 aromatic carbocycles. The van der Waals surface area contributed by atoms with Gasteiger partial charge in [0.25, 0.3) is 0 Å². The molecule has 0 saturated carbocycles. The highest BCUT2D eigenvalue weighted by molar-refractivity contribution is 6.36. The summed E-state index contributed by atoms with van der Waals surface area (Å²) >= 11 is 12.3. The van der Waals surface area contributed by atoms with Crippen molar-refractivity contribution in [2.45, 2.75) is 18.9 Å². The van der Waals surface area contributed by atoms with Gasteiger partial charge in [-0.05, 0) is 30.2 Å². The molecule has 3 heteroatoms. The molecule has 0 spiro atoms. The number of rotatable bonds is 3. The van der Waals surface area contributed by atoms with Gasteiger partial charge in [0.15, 0.2) is 0 Å². The maximum Gasteiger partial charge on any atom is 0.0909 e. The van der Waals surface area contributed by atoms with Crippen LogP contribution in [0.2, 0.25) is 10.0 Å². The first-order chi connectivity index (χ1) is 8.50. The molecule has 0 aromatic heterocycles. The van der Waals surface area contributed by atoms with Crippen LogP contribution < -0.4 is 0 Å². The highest BCUT2D eigenvalue weighted by Crippen LogP contribution is 2.32. The monoisotopic (exact) mass is 280 g/mol. The van der Waals surface area contributed by atoms with Gasteiger partial charge in [0.2, 0.25) is 0 Å². The summed E-state index contributed by atoms with van der Waals surface area (Å²) in [5.74, 6) is 0. The Morgan fingerprint density at radius 3 is 2.06 bits per heavy atom. The summed E-state index contributed by atoms with van der Waals surface area (Å²) in [5, 5.41) is 11.7. The van der Waals surface area contributed by atoms with Gasteiger partial charge in [-0.25, -0.2) is 0 Å². The molecule has 2 aromatic rings. The molecule has 0 amide bonds. The number of hydrogen-bond acceptors (Lipinski definition) is 1. The molecule has 0 saturated heterocycles. The Morgan fingerprint density at radius 2 is 1.50 bits per heavy atom. The zero-order chi connectivity index (χ0) is 13.2. The van der Waals surface area contributed by atoms with Crippen LogP contribution in [0.15, 0.2) is 48.5 Å². The molecule has 0 aliphatic heterocycles. The highest BCUT2D eigenvalue weighted by atomic mass is 35.5. The lowest BCUT2D eigenvalue weighted by Crippen LogP contribution is -2.24. The van der Waals surface area contributed by atoms with Crippen LogP contribution in [0, 0.1) is 0 Å². The van der Waals surface area contributed by atoms with Crippen molar-refractivity contribution in [3.63, 3.8) is 0 Å². The van der Waals surface area contributed by atoms with E-state index < -0.39 is 5.60 Å². The van der Waals surface area contributed by atoms with Gasteiger partial charge in [0.05, 0.1) is 5.60 Å². The van der Waals surface area contributed by atoms with E-state index in [-0.39, 0.29) is 0 Å². The maximum atomic E-state index is 10.6. The fourth-order valence-electron chi connectivity index (χ4n) is 1.94. The minimum absolute atomic E-state index is 0.384. The number of hydrogen-bond donors (Lipinski definition) is 1. The normalized spacial score (nSPS) is 14.2. The molecular weight excluding hydrogens is 267 g/mol. The average Bonchev–Trinajstić information content (AvgIpc) is 2.35. The van der Waals surface area contributed by atoms with E-state index in [1.165, 1.54) is 0 Å². The van der Waals surface area contributed by atoms with Crippen molar-refractivity contribution in [2.75, 3.05) is 0 Å². The number of benzene rings is 2. The SMILES string of the molecule is CC(O)(Cc1c(Cl)cccc1Cl)c1ccccc1. The standard InChI is InChI=1S/C15H14Cl2O/c1-15(18,11-6-3-2-4-7-11)10-12-13(16)8-5-9-14(12)17/h2-9,18H,10H2,1H3. The summed E-state index contributed by atoms with van der Waals surface area (Å²) in [4.78, 5) is 0. The van der Waals surface area contributed by atoms with Crippen molar-refractivity contribution in [1.82, 2.24) is 0 Å². The lowest BCUT2D eigenvalue weighted by molar-refractivity contribution is 0.0576. The lowest BCUT2D eigenvalue weighted by Gasteiger charge is -2.25. The van der Waals surface area contributed by atoms with Gasteiger partial charge in [0.1, 0.15) is 0 Å². The van der Waals surface area contributed by atoms with E-state index in [1.807, 2.05) is 30.3 Å². The Balaban J connectivity index is 2.34. The Kier molecular flexibility index (Phi) is 3.96. The Bertz CT molecular complexity index is 515. The zero-order valence-corrected chi connectivity index (χ0v) is 11.5.